The van der Waals surface area contributed by atoms with Crippen molar-refractivity contribution in [1.29, 1.82) is 0 Å². The molecule has 2 aliphatic rings. The van der Waals surface area contributed by atoms with Gasteiger partial charge in [0.05, 0.1) is 0 Å². The normalized spacial score (nSPS) is 16.0. The van der Waals surface area contributed by atoms with Gasteiger partial charge in [0.2, 0.25) is 5.91 Å². The van der Waals surface area contributed by atoms with Crippen LogP contribution in [0.3, 0.4) is 0 Å². The van der Waals surface area contributed by atoms with E-state index in [1.807, 2.05) is 31.2 Å². The van der Waals surface area contributed by atoms with E-state index in [1.165, 1.54) is 11.1 Å². The van der Waals surface area contributed by atoms with Crippen molar-refractivity contribution in [2.24, 2.45) is 11.8 Å². The predicted octanol–water partition coefficient (Wildman–Crippen LogP) is 4.70. The molecule has 2 aromatic rings. The van der Waals surface area contributed by atoms with E-state index in [1.54, 1.807) is 0 Å². The Morgan fingerprint density at radius 3 is 2.23 bits per heavy atom. The lowest BCUT2D eigenvalue weighted by atomic mass is 9.98. The van der Waals surface area contributed by atoms with Gasteiger partial charge in [-0.3, -0.25) is 4.79 Å². The zero-order valence-corrected chi connectivity index (χ0v) is 20.2. The highest BCUT2D eigenvalue weighted by Gasteiger charge is 2.34. The van der Waals surface area contributed by atoms with Crippen molar-refractivity contribution < 1.29 is 24.2 Å². The molecule has 7 heteroatoms. The zero-order chi connectivity index (χ0) is 24.8. The quantitative estimate of drug-likeness (QED) is 0.410. The second-order valence-corrected chi connectivity index (χ2v) is 9.61. The molecule has 2 amide bonds. The summed E-state index contributed by atoms with van der Waals surface area (Å²) >= 11 is 0. The Balaban J connectivity index is 1.28. The summed E-state index contributed by atoms with van der Waals surface area (Å²) in [6.07, 6.45) is 3.77. The fourth-order valence-electron chi connectivity index (χ4n) is 4.99. The summed E-state index contributed by atoms with van der Waals surface area (Å²) in [5, 5.41) is 14.8. The molecule has 0 aromatic heterocycles. The van der Waals surface area contributed by atoms with E-state index in [-0.39, 0.29) is 30.8 Å². The van der Waals surface area contributed by atoms with Crippen molar-refractivity contribution in [3.8, 4) is 11.1 Å². The summed E-state index contributed by atoms with van der Waals surface area (Å²) in [5.41, 5.74) is 4.67. The van der Waals surface area contributed by atoms with E-state index < -0.39 is 18.1 Å². The minimum absolute atomic E-state index is 0.00534. The standard InChI is InChI=1S/C28H34N2O5/c1-2-3-12-25(27(32)33)30-26(31)15-19(18-13-14-18)16-29-28(34)35-17-24-22-10-6-4-8-20(22)21-9-5-7-11-23(21)24/h4-11,18-19,24-25H,2-3,12-17H2,1H3,(H,29,34)(H,30,31)(H,32,33)/t19?,25-/m0/s1. The lowest BCUT2D eigenvalue weighted by Gasteiger charge is -2.20. The summed E-state index contributed by atoms with van der Waals surface area (Å²) in [6, 6.07) is 15.5. The molecule has 1 fully saturated rings. The third-order valence-electron chi connectivity index (χ3n) is 7.07. The molecule has 3 N–H and O–H groups in total. The second-order valence-electron chi connectivity index (χ2n) is 9.61. The number of carbonyl (C=O) groups excluding carboxylic acids is 2. The van der Waals surface area contributed by atoms with E-state index in [0.29, 0.717) is 18.9 Å². The number of aliphatic carboxylic acids is 1. The van der Waals surface area contributed by atoms with Gasteiger partial charge in [-0.25, -0.2) is 9.59 Å². The number of ether oxygens (including phenoxy) is 1. The zero-order valence-electron chi connectivity index (χ0n) is 20.2. The number of alkyl carbamates (subject to hydrolysis) is 1. The van der Waals surface area contributed by atoms with Gasteiger partial charge in [0, 0.05) is 18.9 Å². The molecule has 0 spiro atoms. The number of unbranched alkanes of at least 4 members (excludes halogenated alkanes) is 1. The first kappa shape index (κ1) is 24.8. The maximum Gasteiger partial charge on any atom is 0.407 e. The highest BCUT2D eigenvalue weighted by molar-refractivity contribution is 5.83. The Kier molecular flexibility index (Phi) is 8.06. The third-order valence-corrected chi connectivity index (χ3v) is 7.07. The van der Waals surface area contributed by atoms with Gasteiger partial charge in [0.15, 0.2) is 0 Å². The maximum atomic E-state index is 12.5. The lowest BCUT2D eigenvalue weighted by Crippen LogP contribution is -2.42. The maximum absolute atomic E-state index is 12.5. The fraction of sp³-hybridized carbons (Fsp3) is 0.464. The van der Waals surface area contributed by atoms with Crippen molar-refractivity contribution in [2.75, 3.05) is 13.2 Å². The summed E-state index contributed by atoms with van der Waals surface area (Å²) in [7, 11) is 0. The number of benzene rings is 2. The minimum Gasteiger partial charge on any atom is -0.480 e. The number of carbonyl (C=O) groups is 3. The fourth-order valence-corrected chi connectivity index (χ4v) is 4.99. The molecule has 0 saturated heterocycles. The first-order chi connectivity index (χ1) is 17.0. The van der Waals surface area contributed by atoms with Crippen LogP contribution in [-0.2, 0) is 14.3 Å². The van der Waals surface area contributed by atoms with Crippen LogP contribution in [-0.4, -0.2) is 42.3 Å². The molecule has 2 aliphatic carbocycles. The van der Waals surface area contributed by atoms with E-state index in [0.717, 1.165) is 36.8 Å². The van der Waals surface area contributed by atoms with Crippen LogP contribution in [0, 0.1) is 11.8 Å². The number of carboxylic acids is 1. The number of amides is 2. The third kappa shape index (κ3) is 6.21. The minimum atomic E-state index is -1.01. The van der Waals surface area contributed by atoms with Gasteiger partial charge >= 0.3 is 12.1 Å². The molecular weight excluding hydrogens is 444 g/mol. The molecule has 4 rings (SSSR count). The molecular formula is C28H34N2O5. The van der Waals surface area contributed by atoms with Crippen LogP contribution >= 0.6 is 0 Å². The van der Waals surface area contributed by atoms with Crippen LogP contribution in [0.4, 0.5) is 4.79 Å². The Morgan fingerprint density at radius 2 is 1.66 bits per heavy atom. The van der Waals surface area contributed by atoms with Crippen LogP contribution in [0.5, 0.6) is 0 Å². The molecule has 0 radical (unpaired) electrons. The van der Waals surface area contributed by atoms with E-state index in [4.69, 9.17) is 4.74 Å². The number of nitrogens with one attached hydrogen (secondary N) is 2. The number of carboxylic acid groups (broad SMARTS) is 1. The molecule has 0 aliphatic heterocycles. The number of hydrogen-bond acceptors (Lipinski definition) is 4. The predicted molar refractivity (Wildman–Crippen MR) is 133 cm³/mol. The Bertz CT molecular complexity index is 1020. The molecule has 1 unspecified atom stereocenters. The van der Waals surface area contributed by atoms with E-state index in [9.17, 15) is 19.5 Å². The first-order valence-electron chi connectivity index (χ1n) is 12.6. The first-order valence-corrected chi connectivity index (χ1v) is 12.6. The van der Waals surface area contributed by atoms with E-state index in [2.05, 4.69) is 34.9 Å². The molecule has 7 nitrogen and oxygen atoms in total. The van der Waals surface area contributed by atoms with Crippen LogP contribution in [0.1, 0.15) is 62.5 Å². The number of fused-ring (bicyclic) bond motifs is 3. The van der Waals surface area contributed by atoms with Crippen molar-refractivity contribution in [2.45, 2.75) is 57.4 Å². The Morgan fingerprint density at radius 1 is 1.03 bits per heavy atom. The van der Waals surface area contributed by atoms with Gasteiger partial charge in [-0.2, -0.15) is 0 Å². The topological polar surface area (TPSA) is 105 Å². The average molecular weight is 479 g/mol. The molecule has 186 valence electrons. The molecule has 0 bridgehead atoms. The smallest absolute Gasteiger partial charge is 0.407 e. The molecule has 2 aromatic carbocycles. The summed E-state index contributed by atoms with van der Waals surface area (Å²) < 4.78 is 5.61. The van der Waals surface area contributed by atoms with Crippen molar-refractivity contribution in [3.63, 3.8) is 0 Å². The van der Waals surface area contributed by atoms with Crippen LogP contribution in [0.2, 0.25) is 0 Å². The Hall–Kier alpha value is -3.35. The van der Waals surface area contributed by atoms with Crippen molar-refractivity contribution in [3.05, 3.63) is 59.7 Å². The highest BCUT2D eigenvalue weighted by Crippen LogP contribution is 2.44. The van der Waals surface area contributed by atoms with Crippen LogP contribution < -0.4 is 10.6 Å². The SMILES string of the molecule is CCCC[C@H](NC(=O)CC(CNC(=O)OCC1c2ccccc2-c2ccccc21)C1CC1)C(=O)O. The van der Waals surface area contributed by atoms with Crippen LogP contribution in [0.25, 0.3) is 11.1 Å². The van der Waals surface area contributed by atoms with Gasteiger partial charge in [0.1, 0.15) is 12.6 Å². The van der Waals surface area contributed by atoms with Crippen molar-refractivity contribution >= 4 is 18.0 Å². The molecule has 0 heterocycles. The van der Waals surface area contributed by atoms with E-state index >= 15 is 0 Å². The monoisotopic (exact) mass is 478 g/mol. The molecule has 2 atom stereocenters. The van der Waals surface area contributed by atoms with Gasteiger partial charge in [-0.05, 0) is 53.4 Å². The highest BCUT2D eigenvalue weighted by atomic mass is 16.5. The van der Waals surface area contributed by atoms with Gasteiger partial charge < -0.3 is 20.5 Å². The molecule has 1 saturated carbocycles. The Labute approximate surface area is 206 Å². The summed E-state index contributed by atoms with van der Waals surface area (Å²) in [5.74, 6) is -0.954. The van der Waals surface area contributed by atoms with Gasteiger partial charge in [-0.15, -0.1) is 0 Å². The summed E-state index contributed by atoms with van der Waals surface area (Å²) in [4.78, 5) is 36.5. The number of rotatable bonds is 12. The molecule has 35 heavy (non-hydrogen) atoms. The van der Waals surface area contributed by atoms with Gasteiger partial charge in [0.25, 0.3) is 0 Å². The van der Waals surface area contributed by atoms with Crippen molar-refractivity contribution in [1.82, 2.24) is 10.6 Å². The largest absolute Gasteiger partial charge is 0.480 e. The lowest BCUT2D eigenvalue weighted by molar-refractivity contribution is -0.142. The second kappa shape index (κ2) is 11.4. The number of hydrogen-bond donors (Lipinski definition) is 3. The van der Waals surface area contributed by atoms with Crippen LogP contribution in [0.15, 0.2) is 48.5 Å². The summed E-state index contributed by atoms with van der Waals surface area (Å²) in [6.45, 7) is 2.56. The van der Waals surface area contributed by atoms with Gasteiger partial charge in [-0.1, -0.05) is 68.3 Å². The average Bonchev–Trinajstić information content (AvgIpc) is 3.65.